The number of hydrogen-bond acceptors (Lipinski definition) is 5. The second-order valence-corrected chi connectivity index (χ2v) is 4.10. The van der Waals surface area contributed by atoms with Gasteiger partial charge in [-0.1, -0.05) is 12.1 Å². The van der Waals surface area contributed by atoms with Crippen LogP contribution in [0.25, 0.3) is 0 Å². The summed E-state index contributed by atoms with van der Waals surface area (Å²) in [6.45, 7) is 3.95. The van der Waals surface area contributed by atoms with Crippen LogP contribution in [0.1, 0.15) is 30.8 Å². The number of carbonyl (C=O) groups excluding carboxylic acids is 1. The van der Waals surface area contributed by atoms with Gasteiger partial charge < -0.3 is 16.2 Å². The fourth-order valence-corrected chi connectivity index (χ4v) is 1.25. The Morgan fingerprint density at radius 3 is 2.78 bits per heavy atom. The van der Waals surface area contributed by atoms with Crippen molar-refractivity contribution in [2.24, 2.45) is 5.73 Å². The van der Waals surface area contributed by atoms with Gasteiger partial charge in [-0.05, 0) is 13.3 Å². The number of nitrogens with one attached hydrogen (secondary N) is 1. The molecule has 4 N–H and O–H groups in total. The van der Waals surface area contributed by atoms with Crippen LogP contribution in [0.15, 0.2) is 6.20 Å². The van der Waals surface area contributed by atoms with Gasteiger partial charge in [0.05, 0.1) is 12.7 Å². The van der Waals surface area contributed by atoms with Crippen molar-refractivity contribution in [1.29, 1.82) is 0 Å². The number of hydrogen-bond donors (Lipinski definition) is 3. The fraction of sp³-hybridized carbons (Fsp3) is 0.600. The van der Waals surface area contributed by atoms with Crippen molar-refractivity contribution in [3.05, 3.63) is 11.9 Å². The summed E-state index contributed by atoms with van der Waals surface area (Å²) >= 11 is 0. The van der Waals surface area contributed by atoms with Crippen LogP contribution >= 0.6 is 0 Å². The Morgan fingerprint density at radius 1 is 1.61 bits per heavy atom. The average Bonchev–Trinajstić information content (AvgIpc) is 2.77. The van der Waals surface area contributed by atoms with E-state index in [1.54, 1.807) is 6.92 Å². The molecule has 0 spiro atoms. The topological polar surface area (TPSA) is 123 Å². The molecule has 1 heterocycles. The number of carboxylic acids is 1. The lowest BCUT2D eigenvalue weighted by molar-refractivity contribution is -0.143. The van der Waals surface area contributed by atoms with Crippen molar-refractivity contribution in [2.75, 3.05) is 6.54 Å². The molecule has 0 saturated heterocycles. The van der Waals surface area contributed by atoms with Crippen molar-refractivity contribution >= 4 is 11.9 Å². The monoisotopic (exact) mass is 255 g/mol. The summed E-state index contributed by atoms with van der Waals surface area (Å²) in [5.74, 6) is -1.65. The predicted molar refractivity (Wildman–Crippen MR) is 62.9 cm³/mol. The smallest absolute Gasteiger partial charge is 0.329 e. The molecule has 1 aromatic heterocycles. The molecule has 0 fully saturated rings. The largest absolute Gasteiger partial charge is 0.480 e. The number of carboxylic acid groups (broad SMARTS) is 1. The third-order valence-corrected chi connectivity index (χ3v) is 2.70. The molecule has 8 nitrogen and oxygen atoms in total. The van der Waals surface area contributed by atoms with Crippen molar-refractivity contribution in [1.82, 2.24) is 20.3 Å². The molecule has 0 bridgehead atoms. The molecule has 1 atom stereocenters. The Labute approximate surface area is 104 Å². The molecule has 0 aromatic carbocycles. The Balaban J connectivity index is 2.78. The highest BCUT2D eigenvalue weighted by Gasteiger charge is 2.33. The van der Waals surface area contributed by atoms with Gasteiger partial charge in [-0.25, -0.2) is 4.79 Å². The van der Waals surface area contributed by atoms with E-state index in [2.05, 4.69) is 15.6 Å². The molecule has 1 unspecified atom stereocenters. The highest BCUT2D eigenvalue weighted by atomic mass is 16.4. The zero-order valence-electron chi connectivity index (χ0n) is 10.4. The van der Waals surface area contributed by atoms with E-state index in [9.17, 15) is 9.59 Å². The van der Waals surface area contributed by atoms with Gasteiger partial charge in [-0.3, -0.25) is 9.48 Å². The molecule has 0 saturated carbocycles. The minimum atomic E-state index is -1.31. The molecule has 100 valence electrons. The SMILES string of the molecule is CCC(C)(NC(=O)c1cn(CCN)nn1)C(=O)O. The second kappa shape index (κ2) is 5.58. The van der Waals surface area contributed by atoms with E-state index in [4.69, 9.17) is 10.8 Å². The van der Waals surface area contributed by atoms with Crippen molar-refractivity contribution in [3.63, 3.8) is 0 Å². The van der Waals surface area contributed by atoms with Gasteiger partial charge >= 0.3 is 5.97 Å². The molecule has 1 amide bonds. The number of amides is 1. The van der Waals surface area contributed by atoms with E-state index in [-0.39, 0.29) is 12.1 Å². The Morgan fingerprint density at radius 2 is 2.28 bits per heavy atom. The average molecular weight is 255 g/mol. The van der Waals surface area contributed by atoms with Crippen molar-refractivity contribution in [2.45, 2.75) is 32.4 Å². The lowest BCUT2D eigenvalue weighted by atomic mass is 9.99. The van der Waals surface area contributed by atoms with Crippen LogP contribution in [0.5, 0.6) is 0 Å². The highest BCUT2D eigenvalue weighted by molar-refractivity contribution is 5.95. The van der Waals surface area contributed by atoms with E-state index in [1.807, 2.05) is 0 Å². The van der Waals surface area contributed by atoms with E-state index in [0.717, 1.165) is 0 Å². The van der Waals surface area contributed by atoms with E-state index in [0.29, 0.717) is 13.1 Å². The molecule has 18 heavy (non-hydrogen) atoms. The van der Waals surface area contributed by atoms with Gasteiger partial charge in [-0.15, -0.1) is 5.10 Å². The quantitative estimate of drug-likeness (QED) is 0.612. The van der Waals surface area contributed by atoms with E-state index < -0.39 is 17.4 Å². The van der Waals surface area contributed by atoms with Gasteiger partial charge in [0.1, 0.15) is 5.54 Å². The highest BCUT2D eigenvalue weighted by Crippen LogP contribution is 2.10. The standard InChI is InChI=1S/C10H17N5O3/c1-3-10(2,9(17)18)12-8(16)7-6-15(5-4-11)14-13-7/h6H,3-5,11H2,1-2H3,(H,12,16)(H,17,18). The predicted octanol–water partition coefficient (Wildman–Crippen LogP) is -0.780. The molecule has 1 aromatic rings. The molecule has 0 radical (unpaired) electrons. The first-order valence-corrected chi connectivity index (χ1v) is 5.59. The second-order valence-electron chi connectivity index (χ2n) is 4.10. The molecule has 0 aliphatic heterocycles. The third-order valence-electron chi connectivity index (χ3n) is 2.70. The number of aromatic nitrogens is 3. The summed E-state index contributed by atoms with van der Waals surface area (Å²) < 4.78 is 1.43. The number of carbonyl (C=O) groups is 2. The summed E-state index contributed by atoms with van der Waals surface area (Å²) in [7, 11) is 0. The van der Waals surface area contributed by atoms with Crippen LogP contribution in [-0.2, 0) is 11.3 Å². The molecule has 8 heteroatoms. The number of aliphatic carboxylic acids is 1. The Kier molecular flexibility index (Phi) is 4.38. The molecule has 0 aliphatic rings. The van der Waals surface area contributed by atoms with Crippen LogP contribution in [0.3, 0.4) is 0 Å². The summed E-state index contributed by atoms with van der Waals surface area (Å²) in [5, 5.41) is 18.8. The summed E-state index contributed by atoms with van der Waals surface area (Å²) in [4.78, 5) is 22.9. The lowest BCUT2D eigenvalue weighted by Crippen LogP contribution is -2.51. The first-order valence-electron chi connectivity index (χ1n) is 5.59. The number of rotatable bonds is 6. The van der Waals surface area contributed by atoms with Crippen LogP contribution in [0.2, 0.25) is 0 Å². The van der Waals surface area contributed by atoms with Gasteiger partial charge in [0.15, 0.2) is 5.69 Å². The minimum absolute atomic E-state index is 0.0735. The number of nitrogens with zero attached hydrogens (tertiary/aromatic N) is 3. The van der Waals surface area contributed by atoms with E-state index >= 15 is 0 Å². The molecule has 1 rings (SSSR count). The maximum atomic E-state index is 11.8. The van der Waals surface area contributed by atoms with E-state index in [1.165, 1.54) is 17.8 Å². The van der Waals surface area contributed by atoms with Gasteiger partial charge in [0, 0.05) is 6.54 Å². The Bertz CT molecular complexity index is 444. The third kappa shape index (κ3) is 3.04. The van der Waals surface area contributed by atoms with Crippen molar-refractivity contribution in [3.8, 4) is 0 Å². The molecule has 0 aliphatic carbocycles. The zero-order valence-corrected chi connectivity index (χ0v) is 10.4. The maximum Gasteiger partial charge on any atom is 0.329 e. The van der Waals surface area contributed by atoms with Gasteiger partial charge in [0.2, 0.25) is 0 Å². The Hall–Kier alpha value is -1.96. The van der Waals surface area contributed by atoms with Gasteiger partial charge in [-0.2, -0.15) is 0 Å². The minimum Gasteiger partial charge on any atom is -0.480 e. The van der Waals surface area contributed by atoms with Crippen LogP contribution < -0.4 is 11.1 Å². The molecular formula is C10H17N5O3. The molecular weight excluding hydrogens is 238 g/mol. The first kappa shape index (κ1) is 14.1. The number of nitrogens with two attached hydrogens (primary N) is 1. The first-order chi connectivity index (χ1) is 8.42. The summed E-state index contributed by atoms with van der Waals surface area (Å²) in [6.07, 6.45) is 1.70. The summed E-state index contributed by atoms with van der Waals surface area (Å²) in [5.41, 5.74) is 4.10. The lowest BCUT2D eigenvalue weighted by Gasteiger charge is -2.23. The fourth-order valence-electron chi connectivity index (χ4n) is 1.25. The summed E-state index contributed by atoms with van der Waals surface area (Å²) in [6, 6.07) is 0. The maximum absolute atomic E-state index is 11.8. The normalized spacial score (nSPS) is 13.9. The van der Waals surface area contributed by atoms with Crippen LogP contribution in [0.4, 0.5) is 0 Å². The van der Waals surface area contributed by atoms with Crippen LogP contribution in [-0.4, -0.2) is 44.1 Å². The zero-order chi connectivity index (χ0) is 13.8. The van der Waals surface area contributed by atoms with Crippen molar-refractivity contribution < 1.29 is 14.7 Å². The van der Waals surface area contributed by atoms with Crippen LogP contribution in [0, 0.1) is 0 Å². The van der Waals surface area contributed by atoms with Gasteiger partial charge in [0.25, 0.3) is 5.91 Å².